The first-order chi connectivity index (χ1) is 12.7. The van der Waals surface area contributed by atoms with Crippen molar-refractivity contribution in [1.29, 1.82) is 0 Å². The summed E-state index contributed by atoms with van der Waals surface area (Å²) in [5.41, 5.74) is 2.12. The van der Waals surface area contributed by atoms with E-state index >= 15 is 0 Å². The third-order valence-electron chi connectivity index (χ3n) is 4.13. The summed E-state index contributed by atoms with van der Waals surface area (Å²) in [4.78, 5) is 16.3. The van der Waals surface area contributed by atoms with Gasteiger partial charge in [0.15, 0.2) is 0 Å². The molecule has 0 spiro atoms. The number of hydrogen-bond donors (Lipinski definition) is 2. The molecular formula is C19H25ClN4O3. The number of benzene rings is 1. The zero-order chi connectivity index (χ0) is 18.2. The Morgan fingerprint density at radius 1 is 1.33 bits per heavy atom. The molecule has 0 fully saturated rings. The minimum atomic E-state index is -0.00903. The highest BCUT2D eigenvalue weighted by atomic mass is 35.5. The lowest BCUT2D eigenvalue weighted by molar-refractivity contribution is -0.121. The first-order valence-corrected chi connectivity index (χ1v) is 8.95. The van der Waals surface area contributed by atoms with E-state index in [0.29, 0.717) is 37.7 Å². The summed E-state index contributed by atoms with van der Waals surface area (Å²) in [6, 6.07) is 7.52. The first kappa shape index (κ1) is 20.9. The number of carbonyl (C=O) groups excluding carboxylic acids is 1. The lowest BCUT2D eigenvalue weighted by Gasteiger charge is -2.14. The second-order valence-corrected chi connectivity index (χ2v) is 6.06. The van der Waals surface area contributed by atoms with Crippen LogP contribution >= 0.6 is 12.4 Å². The molecular weight excluding hydrogens is 368 g/mol. The largest absolute Gasteiger partial charge is 0.494 e. The van der Waals surface area contributed by atoms with Gasteiger partial charge in [-0.2, -0.15) is 4.98 Å². The Balaban J connectivity index is 0.00000261. The van der Waals surface area contributed by atoms with E-state index in [2.05, 4.69) is 26.9 Å². The molecule has 0 unspecified atom stereocenters. The number of aryl methyl sites for hydroxylation is 1. The highest BCUT2D eigenvalue weighted by Gasteiger charge is 2.11. The van der Waals surface area contributed by atoms with E-state index in [0.717, 1.165) is 30.8 Å². The third-order valence-corrected chi connectivity index (χ3v) is 4.13. The van der Waals surface area contributed by atoms with Crippen molar-refractivity contribution in [2.24, 2.45) is 0 Å². The maximum absolute atomic E-state index is 12.0. The van der Waals surface area contributed by atoms with Crippen LogP contribution in [0, 0.1) is 0 Å². The van der Waals surface area contributed by atoms with Crippen molar-refractivity contribution >= 4 is 18.3 Å². The summed E-state index contributed by atoms with van der Waals surface area (Å²) >= 11 is 0. The van der Waals surface area contributed by atoms with Crippen LogP contribution in [0.5, 0.6) is 5.75 Å². The average Bonchev–Trinajstić information content (AvgIpc) is 3.15. The van der Waals surface area contributed by atoms with Crippen LogP contribution in [0.3, 0.4) is 0 Å². The molecule has 7 nitrogen and oxygen atoms in total. The molecule has 2 N–H and O–H groups in total. The monoisotopic (exact) mass is 392 g/mol. The second kappa shape index (κ2) is 10.7. The number of rotatable bonds is 8. The van der Waals surface area contributed by atoms with E-state index in [9.17, 15) is 4.79 Å². The molecule has 0 radical (unpaired) electrons. The van der Waals surface area contributed by atoms with Crippen molar-refractivity contribution in [1.82, 2.24) is 20.8 Å². The molecule has 146 valence electrons. The van der Waals surface area contributed by atoms with Crippen LogP contribution in [0.15, 0.2) is 40.4 Å². The van der Waals surface area contributed by atoms with Crippen LogP contribution in [0.25, 0.3) is 11.4 Å². The summed E-state index contributed by atoms with van der Waals surface area (Å²) in [5.74, 6) is 1.78. The topological polar surface area (TPSA) is 89.3 Å². The second-order valence-electron chi connectivity index (χ2n) is 6.06. The van der Waals surface area contributed by atoms with Gasteiger partial charge in [-0.3, -0.25) is 4.79 Å². The fraction of sp³-hybridized carbons (Fsp3) is 0.421. The lowest BCUT2D eigenvalue weighted by Crippen LogP contribution is -2.29. The smallest absolute Gasteiger partial charge is 0.227 e. The molecule has 1 aliphatic rings. The molecule has 0 saturated heterocycles. The SMILES string of the molecule is CCOc1ccc(-c2noc(CCC(=O)NCC3=CCNCC3)n2)cc1.Cl. The molecule has 1 aliphatic heterocycles. The van der Waals surface area contributed by atoms with Gasteiger partial charge in [-0.25, -0.2) is 0 Å². The van der Waals surface area contributed by atoms with E-state index in [1.807, 2.05) is 31.2 Å². The van der Waals surface area contributed by atoms with Gasteiger partial charge in [0.2, 0.25) is 17.6 Å². The van der Waals surface area contributed by atoms with Crippen LogP contribution in [-0.4, -0.2) is 42.3 Å². The highest BCUT2D eigenvalue weighted by Crippen LogP contribution is 2.20. The zero-order valence-electron chi connectivity index (χ0n) is 15.4. The molecule has 2 aromatic rings. The minimum absolute atomic E-state index is 0. The number of nitrogens with one attached hydrogen (secondary N) is 2. The fourth-order valence-electron chi connectivity index (χ4n) is 2.69. The summed E-state index contributed by atoms with van der Waals surface area (Å²) in [7, 11) is 0. The minimum Gasteiger partial charge on any atom is -0.494 e. The van der Waals surface area contributed by atoms with Gasteiger partial charge in [0.25, 0.3) is 0 Å². The first-order valence-electron chi connectivity index (χ1n) is 8.95. The average molecular weight is 393 g/mol. The molecule has 2 heterocycles. The Labute approximate surface area is 165 Å². The predicted molar refractivity (Wildman–Crippen MR) is 105 cm³/mol. The van der Waals surface area contributed by atoms with E-state index in [-0.39, 0.29) is 18.3 Å². The van der Waals surface area contributed by atoms with Crippen LogP contribution in [0.4, 0.5) is 0 Å². The Kier molecular flexibility index (Phi) is 8.29. The number of carbonyl (C=O) groups is 1. The number of hydrogen-bond acceptors (Lipinski definition) is 6. The third kappa shape index (κ3) is 6.37. The Bertz CT molecular complexity index is 759. The van der Waals surface area contributed by atoms with Crippen molar-refractivity contribution in [2.45, 2.75) is 26.2 Å². The summed E-state index contributed by atoms with van der Waals surface area (Å²) in [5, 5.41) is 10.2. The van der Waals surface area contributed by atoms with Crippen molar-refractivity contribution in [3.8, 4) is 17.1 Å². The summed E-state index contributed by atoms with van der Waals surface area (Å²) in [6.07, 6.45) is 3.87. The molecule has 0 saturated carbocycles. The Morgan fingerprint density at radius 2 is 2.15 bits per heavy atom. The van der Waals surface area contributed by atoms with Gasteiger partial charge in [0.05, 0.1) is 6.61 Å². The van der Waals surface area contributed by atoms with Crippen LogP contribution < -0.4 is 15.4 Å². The van der Waals surface area contributed by atoms with Crippen molar-refractivity contribution in [2.75, 3.05) is 26.2 Å². The number of ether oxygens (including phenoxy) is 1. The van der Waals surface area contributed by atoms with E-state index in [1.54, 1.807) is 0 Å². The molecule has 1 aromatic heterocycles. The summed E-state index contributed by atoms with van der Waals surface area (Å²) in [6.45, 7) is 5.03. The van der Waals surface area contributed by atoms with E-state index in [4.69, 9.17) is 9.26 Å². The molecule has 8 heteroatoms. The van der Waals surface area contributed by atoms with Gasteiger partial charge < -0.3 is 19.9 Å². The predicted octanol–water partition coefficient (Wildman–Crippen LogP) is 2.53. The Hall–Kier alpha value is -2.38. The van der Waals surface area contributed by atoms with Crippen molar-refractivity contribution in [3.63, 3.8) is 0 Å². The van der Waals surface area contributed by atoms with Gasteiger partial charge in [-0.15, -0.1) is 12.4 Å². The number of nitrogens with zero attached hydrogens (tertiary/aromatic N) is 2. The van der Waals surface area contributed by atoms with Crippen molar-refractivity contribution < 1.29 is 14.1 Å². The van der Waals surface area contributed by atoms with Gasteiger partial charge in [-0.1, -0.05) is 16.8 Å². The van der Waals surface area contributed by atoms with Crippen LogP contribution in [-0.2, 0) is 11.2 Å². The van der Waals surface area contributed by atoms with Gasteiger partial charge in [0.1, 0.15) is 5.75 Å². The maximum Gasteiger partial charge on any atom is 0.227 e. The molecule has 0 atom stereocenters. The molecule has 1 amide bonds. The standard InChI is InChI=1S/C19H24N4O3.ClH/c1-2-25-16-5-3-15(4-6-16)19-22-18(26-23-19)8-7-17(24)21-13-14-9-11-20-12-10-14;/h3-6,9,20H,2,7-8,10-13H2,1H3,(H,21,24);1H. The van der Waals surface area contributed by atoms with Gasteiger partial charge >= 0.3 is 0 Å². The Morgan fingerprint density at radius 3 is 2.85 bits per heavy atom. The van der Waals surface area contributed by atoms with Gasteiger partial charge in [0, 0.05) is 31.5 Å². The fourth-order valence-corrected chi connectivity index (χ4v) is 2.69. The summed E-state index contributed by atoms with van der Waals surface area (Å²) < 4.78 is 10.7. The zero-order valence-corrected chi connectivity index (χ0v) is 16.2. The number of aromatic nitrogens is 2. The van der Waals surface area contributed by atoms with Crippen LogP contribution in [0.1, 0.15) is 25.7 Å². The van der Waals surface area contributed by atoms with Gasteiger partial charge in [-0.05, 0) is 44.2 Å². The molecule has 1 aromatic carbocycles. The van der Waals surface area contributed by atoms with Crippen LogP contribution in [0.2, 0.25) is 0 Å². The number of amides is 1. The molecule has 3 rings (SSSR count). The normalized spacial score (nSPS) is 13.4. The van der Waals surface area contributed by atoms with E-state index < -0.39 is 0 Å². The highest BCUT2D eigenvalue weighted by molar-refractivity contribution is 5.85. The van der Waals surface area contributed by atoms with Crippen molar-refractivity contribution in [3.05, 3.63) is 41.8 Å². The molecule has 0 bridgehead atoms. The molecule has 0 aliphatic carbocycles. The lowest BCUT2D eigenvalue weighted by atomic mass is 10.1. The quantitative estimate of drug-likeness (QED) is 0.671. The molecule has 27 heavy (non-hydrogen) atoms. The maximum atomic E-state index is 12.0. The van der Waals surface area contributed by atoms with E-state index in [1.165, 1.54) is 5.57 Å². The number of halogens is 1.